The van der Waals surface area contributed by atoms with Gasteiger partial charge in [0, 0.05) is 31.3 Å². The van der Waals surface area contributed by atoms with Gasteiger partial charge in [-0.25, -0.2) is 8.78 Å². The topological polar surface area (TPSA) is 67.2 Å². The van der Waals surface area contributed by atoms with E-state index < -0.39 is 5.82 Å². The maximum atomic E-state index is 13.8. The van der Waals surface area contributed by atoms with Gasteiger partial charge in [0.25, 0.3) is 5.56 Å². The lowest BCUT2D eigenvalue weighted by Gasteiger charge is -2.33. The number of nitrogens with zero attached hydrogens (tertiary/aromatic N) is 3. The van der Waals surface area contributed by atoms with Gasteiger partial charge in [0.1, 0.15) is 17.5 Å². The molecule has 0 aliphatic carbocycles. The number of benzene rings is 2. The normalized spacial score (nSPS) is 16.2. The molecular formula is C23H22F2N4O2. The van der Waals surface area contributed by atoms with Crippen LogP contribution in [0.1, 0.15) is 18.4 Å². The standard InChI is InChI=1S/C23H22F2N4O2/c24-18-7-9-19(10-8-18)29-22(30)12-11-21(27-29)28-13-3-5-17(15-28)23(31)26-14-16-4-1-2-6-20(16)25/h1-2,4,6-12,17H,3,5,13-15H2,(H,26,31)/t17-/m1/s1. The highest BCUT2D eigenvalue weighted by Crippen LogP contribution is 2.22. The van der Waals surface area contributed by atoms with E-state index >= 15 is 0 Å². The lowest BCUT2D eigenvalue weighted by molar-refractivity contribution is -0.125. The SMILES string of the molecule is O=C(NCc1ccccc1F)[C@@H]1CCCN(c2ccc(=O)n(-c3ccc(F)cc3)n2)C1. The van der Waals surface area contributed by atoms with Crippen molar-refractivity contribution in [2.45, 2.75) is 19.4 Å². The Bertz CT molecular complexity index is 1130. The van der Waals surface area contributed by atoms with Gasteiger partial charge in [-0.2, -0.15) is 4.68 Å². The molecule has 1 atom stereocenters. The Hall–Kier alpha value is -3.55. The van der Waals surface area contributed by atoms with E-state index in [4.69, 9.17) is 0 Å². The maximum Gasteiger partial charge on any atom is 0.271 e. The Morgan fingerprint density at radius 2 is 1.84 bits per heavy atom. The fourth-order valence-electron chi connectivity index (χ4n) is 3.71. The van der Waals surface area contributed by atoms with E-state index in [1.165, 1.54) is 41.1 Å². The number of carbonyl (C=O) groups excluding carboxylic acids is 1. The highest BCUT2D eigenvalue weighted by atomic mass is 19.1. The minimum Gasteiger partial charge on any atom is -0.354 e. The van der Waals surface area contributed by atoms with Gasteiger partial charge in [-0.05, 0) is 49.2 Å². The number of nitrogens with one attached hydrogen (secondary N) is 1. The monoisotopic (exact) mass is 424 g/mol. The van der Waals surface area contributed by atoms with Crippen molar-refractivity contribution in [3.05, 3.63) is 88.2 Å². The molecule has 1 fully saturated rings. The van der Waals surface area contributed by atoms with Crippen LogP contribution in [0.25, 0.3) is 5.69 Å². The molecule has 2 heterocycles. The molecule has 8 heteroatoms. The zero-order valence-electron chi connectivity index (χ0n) is 16.8. The highest BCUT2D eigenvalue weighted by molar-refractivity contribution is 5.79. The molecule has 0 radical (unpaired) electrons. The molecule has 6 nitrogen and oxygen atoms in total. The Balaban J connectivity index is 1.46. The molecule has 31 heavy (non-hydrogen) atoms. The van der Waals surface area contributed by atoms with Gasteiger partial charge in [0.15, 0.2) is 0 Å². The summed E-state index contributed by atoms with van der Waals surface area (Å²) >= 11 is 0. The zero-order valence-corrected chi connectivity index (χ0v) is 16.8. The van der Waals surface area contributed by atoms with Crippen molar-refractivity contribution in [2.75, 3.05) is 18.0 Å². The number of aromatic nitrogens is 2. The molecule has 0 spiro atoms. The number of piperidine rings is 1. The number of carbonyl (C=O) groups is 1. The summed E-state index contributed by atoms with van der Waals surface area (Å²) in [4.78, 5) is 26.9. The lowest BCUT2D eigenvalue weighted by Crippen LogP contribution is -2.43. The summed E-state index contributed by atoms with van der Waals surface area (Å²) in [5.74, 6) is -0.586. The van der Waals surface area contributed by atoms with Crippen LogP contribution in [0.15, 0.2) is 65.5 Å². The Morgan fingerprint density at radius 3 is 2.61 bits per heavy atom. The van der Waals surface area contributed by atoms with Gasteiger partial charge in [-0.15, -0.1) is 5.10 Å². The predicted molar refractivity (Wildman–Crippen MR) is 113 cm³/mol. The average molecular weight is 424 g/mol. The molecule has 1 N–H and O–H groups in total. The van der Waals surface area contributed by atoms with Gasteiger partial charge < -0.3 is 10.2 Å². The molecule has 0 unspecified atom stereocenters. The van der Waals surface area contributed by atoms with E-state index in [2.05, 4.69) is 10.4 Å². The summed E-state index contributed by atoms with van der Waals surface area (Å²) in [6.45, 7) is 1.28. The zero-order chi connectivity index (χ0) is 21.8. The first-order valence-corrected chi connectivity index (χ1v) is 10.1. The first-order chi connectivity index (χ1) is 15.0. The van der Waals surface area contributed by atoms with Crippen LogP contribution in [-0.4, -0.2) is 28.8 Å². The molecule has 1 amide bonds. The van der Waals surface area contributed by atoms with Crippen LogP contribution in [0.5, 0.6) is 0 Å². The molecule has 4 rings (SSSR count). The third-order valence-corrected chi connectivity index (χ3v) is 5.38. The van der Waals surface area contributed by atoms with Crippen molar-refractivity contribution in [2.24, 2.45) is 5.92 Å². The van der Waals surface area contributed by atoms with Crippen LogP contribution in [0, 0.1) is 17.6 Å². The van der Waals surface area contributed by atoms with Crippen LogP contribution < -0.4 is 15.8 Å². The number of anilines is 1. The molecule has 1 aliphatic rings. The van der Waals surface area contributed by atoms with Crippen molar-refractivity contribution in [1.29, 1.82) is 0 Å². The average Bonchev–Trinajstić information content (AvgIpc) is 2.79. The first-order valence-electron chi connectivity index (χ1n) is 10.1. The summed E-state index contributed by atoms with van der Waals surface area (Å²) in [7, 11) is 0. The van der Waals surface area contributed by atoms with Crippen LogP contribution in [0.4, 0.5) is 14.6 Å². The number of hydrogen-bond donors (Lipinski definition) is 1. The van der Waals surface area contributed by atoms with E-state index in [1.807, 2.05) is 4.90 Å². The van der Waals surface area contributed by atoms with Crippen LogP contribution in [0.2, 0.25) is 0 Å². The lowest BCUT2D eigenvalue weighted by atomic mass is 9.97. The quantitative estimate of drug-likeness (QED) is 0.684. The minimum absolute atomic E-state index is 0.135. The second kappa shape index (κ2) is 9.07. The van der Waals surface area contributed by atoms with Crippen molar-refractivity contribution in [3.63, 3.8) is 0 Å². The van der Waals surface area contributed by atoms with E-state index in [9.17, 15) is 18.4 Å². The van der Waals surface area contributed by atoms with E-state index in [1.54, 1.807) is 24.3 Å². The molecule has 1 aliphatic heterocycles. The Morgan fingerprint density at radius 1 is 1.06 bits per heavy atom. The Kier molecular flexibility index (Phi) is 6.06. The van der Waals surface area contributed by atoms with Crippen molar-refractivity contribution in [1.82, 2.24) is 15.1 Å². The first kappa shape index (κ1) is 20.7. The summed E-state index contributed by atoms with van der Waals surface area (Å²) in [6, 6.07) is 14.9. The van der Waals surface area contributed by atoms with Crippen molar-refractivity contribution in [3.8, 4) is 5.69 Å². The minimum atomic E-state index is -0.395. The fraction of sp³-hybridized carbons (Fsp3) is 0.261. The highest BCUT2D eigenvalue weighted by Gasteiger charge is 2.27. The summed E-state index contributed by atoms with van der Waals surface area (Å²) < 4.78 is 28.2. The molecule has 1 aromatic heterocycles. The molecule has 0 bridgehead atoms. The maximum absolute atomic E-state index is 13.8. The molecule has 2 aromatic carbocycles. The van der Waals surface area contributed by atoms with E-state index in [0.717, 1.165) is 12.8 Å². The third kappa shape index (κ3) is 4.79. The van der Waals surface area contributed by atoms with Crippen molar-refractivity contribution >= 4 is 11.7 Å². The predicted octanol–water partition coefficient (Wildman–Crippen LogP) is 3.04. The number of amides is 1. The summed E-state index contributed by atoms with van der Waals surface area (Å²) in [5, 5.41) is 7.24. The second-order valence-corrected chi connectivity index (χ2v) is 7.51. The molecule has 1 saturated heterocycles. The van der Waals surface area contributed by atoms with E-state index in [0.29, 0.717) is 30.2 Å². The summed E-state index contributed by atoms with van der Waals surface area (Å²) in [5.41, 5.74) is 0.576. The number of rotatable bonds is 5. The van der Waals surface area contributed by atoms with Gasteiger partial charge >= 0.3 is 0 Å². The van der Waals surface area contributed by atoms with Crippen LogP contribution in [0.3, 0.4) is 0 Å². The smallest absolute Gasteiger partial charge is 0.271 e. The van der Waals surface area contributed by atoms with Gasteiger partial charge in [0.05, 0.1) is 11.6 Å². The molecular weight excluding hydrogens is 402 g/mol. The largest absolute Gasteiger partial charge is 0.354 e. The third-order valence-electron chi connectivity index (χ3n) is 5.38. The molecule has 0 saturated carbocycles. The Labute approximate surface area is 178 Å². The van der Waals surface area contributed by atoms with Crippen LogP contribution in [-0.2, 0) is 11.3 Å². The van der Waals surface area contributed by atoms with Gasteiger partial charge in [0.2, 0.25) is 5.91 Å². The molecule has 3 aromatic rings. The summed E-state index contributed by atoms with van der Waals surface area (Å²) in [6.07, 6.45) is 1.51. The van der Waals surface area contributed by atoms with Gasteiger partial charge in [-0.1, -0.05) is 18.2 Å². The number of hydrogen-bond acceptors (Lipinski definition) is 4. The van der Waals surface area contributed by atoms with Crippen molar-refractivity contribution < 1.29 is 13.6 Å². The number of halogens is 2. The second-order valence-electron chi connectivity index (χ2n) is 7.51. The van der Waals surface area contributed by atoms with E-state index in [-0.39, 0.29) is 29.7 Å². The molecule has 160 valence electrons. The van der Waals surface area contributed by atoms with Gasteiger partial charge in [-0.3, -0.25) is 9.59 Å². The van der Waals surface area contributed by atoms with Crippen LogP contribution >= 0.6 is 0 Å². The fourth-order valence-corrected chi connectivity index (χ4v) is 3.71.